The molecule has 0 fully saturated rings. The van der Waals surface area contributed by atoms with Gasteiger partial charge in [-0.15, -0.1) is 0 Å². The van der Waals surface area contributed by atoms with Crippen LogP contribution in [0.4, 0.5) is 4.20 Å². The normalized spacial score (nSPS) is 21.2. The molecule has 0 N–H and O–H groups in total. The van der Waals surface area contributed by atoms with Crippen LogP contribution in [0.2, 0.25) is 0 Å². The standard InChI is InChI=1S/CH5BFPS/c1-4(2,3)5/h2H2,1H3. The van der Waals surface area contributed by atoms with Gasteiger partial charge in [-0.05, 0) is 6.66 Å². The van der Waals surface area contributed by atoms with Crippen molar-refractivity contribution < 1.29 is 4.20 Å². The van der Waals surface area contributed by atoms with Crippen molar-refractivity contribution in [1.29, 1.82) is 0 Å². The molecule has 0 rings (SSSR count). The first-order valence-corrected chi connectivity index (χ1v) is 4.83. The number of rotatable bonds is 0. The van der Waals surface area contributed by atoms with Crippen LogP contribution in [0.15, 0.2) is 0 Å². The lowest BCUT2D eigenvalue weighted by atomic mass is 10.8. The van der Waals surface area contributed by atoms with Crippen molar-refractivity contribution in [2.24, 2.45) is 0 Å². The molecular formula is CH5BFPS. The monoisotopic (exact) mass is 110 g/mol. The van der Waals surface area contributed by atoms with Crippen LogP contribution in [0, 0.1) is 0 Å². The van der Waals surface area contributed by atoms with Gasteiger partial charge in [0.2, 0.25) is 0 Å². The largest absolute Gasteiger partial charge is 0.229 e. The van der Waals surface area contributed by atoms with Crippen molar-refractivity contribution in [2.45, 2.75) is 0 Å². The van der Waals surface area contributed by atoms with Crippen molar-refractivity contribution >= 4 is 25.6 Å². The first-order valence-electron chi connectivity index (χ1n) is 1.25. The zero-order valence-corrected chi connectivity index (χ0v) is 4.94. The van der Waals surface area contributed by atoms with Crippen molar-refractivity contribution in [3.63, 3.8) is 0 Å². The second-order valence-electron chi connectivity index (χ2n) is 1.22. The maximum absolute atomic E-state index is 11.6. The van der Waals surface area contributed by atoms with E-state index in [4.69, 9.17) is 0 Å². The van der Waals surface area contributed by atoms with E-state index < -0.39 is 6.23 Å². The third kappa shape index (κ3) is 78.1. The summed E-state index contributed by atoms with van der Waals surface area (Å²) in [6.07, 6.45) is -2.31. The predicted octanol–water partition coefficient (Wildman–Crippen LogP) is 0.528. The van der Waals surface area contributed by atoms with Crippen molar-refractivity contribution in [2.75, 3.05) is 6.66 Å². The number of halogens is 1. The fourth-order valence-electron chi connectivity index (χ4n) is 0. The molecule has 1 unspecified atom stereocenters. The highest BCUT2D eigenvalue weighted by Crippen LogP contribution is 2.35. The third-order valence-electron chi connectivity index (χ3n) is 0. The van der Waals surface area contributed by atoms with Crippen molar-refractivity contribution in [1.82, 2.24) is 0 Å². The second kappa shape index (κ2) is 1.40. The lowest BCUT2D eigenvalue weighted by Crippen LogP contribution is -1.55. The molecule has 30 valence electrons. The molecule has 0 aromatic carbocycles. The number of hydrogen-bond donors (Lipinski definition) is 0. The van der Waals surface area contributed by atoms with E-state index in [2.05, 4.69) is 11.8 Å². The van der Waals surface area contributed by atoms with Gasteiger partial charge in [-0.3, -0.25) is 0 Å². The summed E-state index contributed by atoms with van der Waals surface area (Å²) in [7, 11) is 1.45. The van der Waals surface area contributed by atoms with E-state index in [1.807, 2.05) is 0 Å². The summed E-state index contributed by atoms with van der Waals surface area (Å²) >= 11 is 4.27. The summed E-state index contributed by atoms with van der Waals surface area (Å²) in [5, 5.41) is 0. The molecule has 0 aromatic heterocycles. The third-order valence-corrected chi connectivity index (χ3v) is 0. The van der Waals surface area contributed by atoms with E-state index in [0.29, 0.717) is 0 Å². The molecule has 0 radical (unpaired) electrons. The Morgan fingerprint density at radius 3 is 2.00 bits per heavy atom. The maximum Gasteiger partial charge on any atom is 0.186 e. The molecule has 0 amide bonds. The van der Waals surface area contributed by atoms with Gasteiger partial charge in [0, 0.05) is 0 Å². The SMILES string of the molecule is BP(C)(F)=S. The van der Waals surface area contributed by atoms with Gasteiger partial charge in [-0.25, -0.2) is 4.20 Å². The Kier molecular flexibility index (Phi) is 1.58. The molecule has 4 heteroatoms. The minimum atomic E-state index is -2.31. The van der Waals surface area contributed by atoms with Gasteiger partial charge < -0.3 is 0 Å². The van der Waals surface area contributed by atoms with E-state index in [-0.39, 0.29) is 0 Å². The van der Waals surface area contributed by atoms with E-state index in [1.54, 1.807) is 0 Å². The van der Waals surface area contributed by atoms with Gasteiger partial charge in [0.25, 0.3) is 0 Å². The second-order valence-corrected chi connectivity index (χ2v) is 6.26. The van der Waals surface area contributed by atoms with Crippen LogP contribution in [0.3, 0.4) is 0 Å². The van der Waals surface area contributed by atoms with E-state index >= 15 is 0 Å². The Morgan fingerprint density at radius 1 is 2.00 bits per heavy atom. The summed E-state index contributed by atoms with van der Waals surface area (Å²) in [4.78, 5) is 0. The zero-order chi connectivity index (χ0) is 4.50. The van der Waals surface area contributed by atoms with Crippen LogP contribution in [0.1, 0.15) is 0 Å². The summed E-state index contributed by atoms with van der Waals surface area (Å²) < 4.78 is 11.6. The summed E-state index contributed by atoms with van der Waals surface area (Å²) in [6, 6.07) is 0. The number of hydrogen-bond acceptors (Lipinski definition) is 1. The van der Waals surface area contributed by atoms with Gasteiger partial charge in [0.1, 0.15) is 0 Å². The van der Waals surface area contributed by atoms with Crippen molar-refractivity contribution in [3.05, 3.63) is 0 Å². The van der Waals surface area contributed by atoms with Gasteiger partial charge in [0.05, 0.1) is 6.23 Å². The first-order chi connectivity index (χ1) is 2.00. The van der Waals surface area contributed by atoms with Crippen LogP contribution >= 0.6 is 6.23 Å². The Morgan fingerprint density at radius 2 is 2.00 bits per heavy atom. The minimum Gasteiger partial charge on any atom is -0.229 e. The minimum absolute atomic E-state index is 1.45. The van der Waals surface area contributed by atoms with Gasteiger partial charge in [-0.1, -0.05) is 11.8 Å². The summed E-state index contributed by atoms with van der Waals surface area (Å²) in [6.45, 7) is 1.45. The molecule has 0 spiro atoms. The molecular weight excluding hydrogens is 105 g/mol. The Balaban J connectivity index is 3.47. The van der Waals surface area contributed by atoms with E-state index in [9.17, 15) is 4.20 Å². The maximum atomic E-state index is 11.6. The van der Waals surface area contributed by atoms with E-state index in [1.165, 1.54) is 14.2 Å². The molecule has 0 aliphatic heterocycles. The highest BCUT2D eigenvalue weighted by atomic mass is 32.4. The van der Waals surface area contributed by atoms with Gasteiger partial charge >= 0.3 is 0 Å². The molecule has 0 saturated carbocycles. The van der Waals surface area contributed by atoms with Crippen LogP contribution < -0.4 is 0 Å². The smallest absolute Gasteiger partial charge is 0.186 e. The molecule has 0 nitrogen and oxygen atoms in total. The average Bonchev–Trinajstić information content (AvgIpc) is 0.722. The van der Waals surface area contributed by atoms with Crippen LogP contribution in [0.5, 0.6) is 0 Å². The van der Waals surface area contributed by atoms with Crippen LogP contribution in [-0.4, -0.2) is 14.2 Å². The molecule has 0 aliphatic rings. The van der Waals surface area contributed by atoms with Crippen molar-refractivity contribution in [3.8, 4) is 0 Å². The first kappa shape index (κ1) is 5.64. The molecule has 1 atom stereocenters. The van der Waals surface area contributed by atoms with Crippen LogP contribution in [0.25, 0.3) is 0 Å². The fraction of sp³-hybridized carbons (Fsp3) is 1.00. The fourth-order valence-corrected chi connectivity index (χ4v) is 0. The Bertz CT molecular complexity index is 57.8. The Labute approximate surface area is 37.3 Å². The topological polar surface area (TPSA) is 0 Å². The molecule has 0 saturated heterocycles. The van der Waals surface area contributed by atoms with E-state index in [0.717, 1.165) is 0 Å². The zero-order valence-electron chi connectivity index (χ0n) is 3.23. The lowest BCUT2D eigenvalue weighted by molar-refractivity contribution is 0.915. The highest BCUT2D eigenvalue weighted by Gasteiger charge is 1.90. The summed E-state index contributed by atoms with van der Waals surface area (Å²) in [5.41, 5.74) is 0. The molecule has 5 heavy (non-hydrogen) atoms. The molecule has 0 aromatic rings. The Hall–Kier alpha value is 0.645. The predicted molar refractivity (Wildman–Crippen MR) is 29.9 cm³/mol. The molecule has 0 bridgehead atoms. The van der Waals surface area contributed by atoms with Gasteiger partial charge in [0.15, 0.2) is 7.57 Å². The average molecular weight is 110 g/mol. The molecule has 0 heterocycles. The summed E-state index contributed by atoms with van der Waals surface area (Å²) in [5.74, 6) is 0. The van der Waals surface area contributed by atoms with Gasteiger partial charge in [-0.2, -0.15) is 0 Å². The molecule has 0 aliphatic carbocycles. The van der Waals surface area contributed by atoms with Crippen LogP contribution in [-0.2, 0) is 11.8 Å². The lowest BCUT2D eigenvalue weighted by Gasteiger charge is -1.86. The highest BCUT2D eigenvalue weighted by molar-refractivity contribution is 8.23. The quantitative estimate of drug-likeness (QED) is 0.323.